The second-order valence-electron chi connectivity index (χ2n) is 3.97. The summed E-state index contributed by atoms with van der Waals surface area (Å²) in [4.78, 5) is 0.137. The first-order valence-corrected chi connectivity index (χ1v) is 7.79. The molecule has 0 atom stereocenters. The summed E-state index contributed by atoms with van der Waals surface area (Å²) >= 11 is 0.866. The zero-order valence-electron chi connectivity index (χ0n) is 10.0. The van der Waals surface area contributed by atoms with Crippen LogP contribution in [0.3, 0.4) is 0 Å². The number of aromatic nitrogens is 3. The fraction of sp³-hybridized carbons (Fsp3) is 0. The molecule has 7 nitrogen and oxygen atoms in total. The van der Waals surface area contributed by atoms with Crippen LogP contribution in [0.1, 0.15) is 0 Å². The summed E-state index contributed by atoms with van der Waals surface area (Å²) in [6, 6.07) is 10.1. The largest absolute Gasteiger partial charge is 0.398 e. The summed E-state index contributed by atoms with van der Waals surface area (Å²) < 4.78 is 30.6. The molecule has 2 aromatic carbocycles. The molecule has 102 valence electrons. The van der Waals surface area contributed by atoms with Crippen LogP contribution in [0.2, 0.25) is 0 Å². The molecule has 20 heavy (non-hydrogen) atoms. The molecular formula is C11H9N5O2S2. The molecule has 3 aromatic rings. The van der Waals surface area contributed by atoms with Crippen molar-refractivity contribution in [3.63, 3.8) is 0 Å². The molecule has 0 radical (unpaired) electrons. The molecule has 9 heteroatoms. The van der Waals surface area contributed by atoms with Crippen molar-refractivity contribution in [3.05, 3.63) is 36.4 Å². The lowest BCUT2D eigenvalue weighted by molar-refractivity contribution is 0.602. The zero-order chi connectivity index (χ0) is 14.2. The van der Waals surface area contributed by atoms with Gasteiger partial charge in [0.1, 0.15) is 0 Å². The van der Waals surface area contributed by atoms with E-state index in [4.69, 9.17) is 5.73 Å². The Kier molecular flexibility index (Phi) is 2.99. The van der Waals surface area contributed by atoms with Crippen molar-refractivity contribution in [2.45, 2.75) is 4.90 Å². The lowest BCUT2D eigenvalue weighted by Crippen LogP contribution is -2.13. The molecule has 0 saturated heterocycles. The number of nitrogen functional groups attached to an aromatic ring is 1. The number of nitrogens with one attached hydrogen (secondary N) is 1. The highest BCUT2D eigenvalue weighted by atomic mass is 32.2. The van der Waals surface area contributed by atoms with Gasteiger partial charge in [0, 0.05) is 28.0 Å². The van der Waals surface area contributed by atoms with E-state index in [2.05, 4.69) is 19.5 Å². The van der Waals surface area contributed by atoms with Crippen molar-refractivity contribution in [2.24, 2.45) is 0 Å². The van der Waals surface area contributed by atoms with Gasteiger partial charge in [-0.25, -0.2) is 8.42 Å². The number of hydrogen-bond donors (Lipinski definition) is 2. The summed E-state index contributed by atoms with van der Waals surface area (Å²) in [7, 11) is -3.76. The third kappa shape index (κ3) is 2.17. The Morgan fingerprint density at radius 1 is 1.10 bits per heavy atom. The molecule has 1 aromatic heterocycles. The third-order valence-electron chi connectivity index (χ3n) is 2.73. The van der Waals surface area contributed by atoms with Crippen LogP contribution in [0.5, 0.6) is 0 Å². The molecule has 3 rings (SSSR count). The van der Waals surface area contributed by atoms with Crippen molar-refractivity contribution in [2.75, 3.05) is 10.5 Å². The van der Waals surface area contributed by atoms with Crippen molar-refractivity contribution >= 4 is 43.1 Å². The van der Waals surface area contributed by atoms with Crippen LogP contribution in [0.4, 0.5) is 10.8 Å². The SMILES string of the molecule is Nc1ccc(S(=O)(=O)Nc2nnns2)c2ccccc12. The summed E-state index contributed by atoms with van der Waals surface area (Å²) in [5, 5.41) is 8.27. The molecule has 1 heterocycles. The van der Waals surface area contributed by atoms with E-state index in [-0.39, 0.29) is 10.0 Å². The summed E-state index contributed by atoms with van der Waals surface area (Å²) in [6.45, 7) is 0. The smallest absolute Gasteiger partial charge is 0.264 e. The molecule has 0 amide bonds. The first-order chi connectivity index (χ1) is 9.58. The second-order valence-corrected chi connectivity index (χ2v) is 6.35. The van der Waals surface area contributed by atoms with Crippen LogP contribution in [0, 0.1) is 0 Å². The van der Waals surface area contributed by atoms with Gasteiger partial charge in [-0.2, -0.15) is 0 Å². The minimum atomic E-state index is -3.76. The van der Waals surface area contributed by atoms with Crippen LogP contribution in [0.15, 0.2) is 41.3 Å². The lowest BCUT2D eigenvalue weighted by atomic mass is 10.1. The molecule has 0 unspecified atom stereocenters. The van der Waals surface area contributed by atoms with Crippen LogP contribution >= 0.6 is 11.5 Å². The van der Waals surface area contributed by atoms with E-state index >= 15 is 0 Å². The van der Waals surface area contributed by atoms with E-state index in [9.17, 15) is 8.42 Å². The summed E-state index contributed by atoms with van der Waals surface area (Å²) in [5.41, 5.74) is 6.38. The third-order valence-corrected chi connectivity index (χ3v) is 4.77. The number of nitrogens with zero attached hydrogens (tertiary/aromatic N) is 3. The fourth-order valence-corrected chi connectivity index (χ4v) is 3.67. The standard InChI is InChI=1S/C11H9N5O2S2/c12-9-5-6-10(8-4-2-1-3-7(8)9)20(17,18)14-11-13-15-16-19-11/h1-6H,12H2,(H,13,14,16). The topological polar surface area (TPSA) is 111 Å². The second kappa shape index (κ2) is 4.69. The highest BCUT2D eigenvalue weighted by molar-refractivity contribution is 7.93. The van der Waals surface area contributed by atoms with Crippen LogP contribution < -0.4 is 10.5 Å². The fourth-order valence-electron chi connectivity index (χ4n) is 1.87. The van der Waals surface area contributed by atoms with Gasteiger partial charge in [0.2, 0.25) is 5.13 Å². The average Bonchev–Trinajstić information content (AvgIpc) is 2.91. The maximum Gasteiger partial charge on any atom is 0.264 e. The predicted octanol–water partition coefficient (Wildman–Crippen LogP) is 1.47. The Labute approximate surface area is 118 Å². The number of fused-ring (bicyclic) bond motifs is 1. The van der Waals surface area contributed by atoms with Crippen molar-refractivity contribution in [3.8, 4) is 0 Å². The van der Waals surface area contributed by atoms with Gasteiger partial charge in [-0.15, -0.1) is 0 Å². The van der Waals surface area contributed by atoms with Gasteiger partial charge in [0.15, 0.2) is 0 Å². The van der Waals surface area contributed by atoms with Gasteiger partial charge >= 0.3 is 0 Å². The van der Waals surface area contributed by atoms with E-state index in [0.717, 1.165) is 11.5 Å². The van der Waals surface area contributed by atoms with Gasteiger partial charge < -0.3 is 5.73 Å². The van der Waals surface area contributed by atoms with E-state index in [1.165, 1.54) is 6.07 Å². The molecule has 0 spiro atoms. The molecule has 0 aliphatic carbocycles. The minimum Gasteiger partial charge on any atom is -0.398 e. The molecule has 0 fully saturated rings. The van der Waals surface area contributed by atoms with Crippen LogP contribution in [-0.2, 0) is 10.0 Å². The normalized spacial score (nSPS) is 11.6. The molecule has 3 N–H and O–H groups in total. The quantitative estimate of drug-likeness (QED) is 0.709. The Balaban J connectivity index is 2.17. The van der Waals surface area contributed by atoms with Gasteiger partial charge in [-0.1, -0.05) is 33.9 Å². The van der Waals surface area contributed by atoms with Crippen molar-refractivity contribution < 1.29 is 8.42 Å². The molecule has 0 bridgehead atoms. The number of anilines is 2. The number of benzene rings is 2. The number of nitrogens with two attached hydrogens (primary N) is 1. The monoisotopic (exact) mass is 307 g/mol. The maximum absolute atomic E-state index is 12.4. The van der Waals surface area contributed by atoms with Gasteiger partial charge in [0.25, 0.3) is 10.0 Å². The molecular weight excluding hydrogens is 298 g/mol. The van der Waals surface area contributed by atoms with E-state index < -0.39 is 10.0 Å². The highest BCUT2D eigenvalue weighted by Crippen LogP contribution is 2.28. The summed E-state index contributed by atoms with van der Waals surface area (Å²) in [6.07, 6.45) is 0. The van der Waals surface area contributed by atoms with E-state index in [0.29, 0.717) is 16.5 Å². The predicted molar refractivity (Wildman–Crippen MR) is 76.9 cm³/mol. The van der Waals surface area contributed by atoms with Gasteiger partial charge in [0.05, 0.1) is 4.90 Å². The van der Waals surface area contributed by atoms with Gasteiger partial charge in [-0.05, 0) is 17.3 Å². The zero-order valence-corrected chi connectivity index (χ0v) is 11.6. The Hall–Kier alpha value is -2.26. The van der Waals surface area contributed by atoms with Gasteiger partial charge in [-0.3, -0.25) is 4.72 Å². The van der Waals surface area contributed by atoms with Crippen molar-refractivity contribution in [1.29, 1.82) is 0 Å². The lowest BCUT2D eigenvalue weighted by Gasteiger charge is -2.09. The van der Waals surface area contributed by atoms with E-state index in [1.54, 1.807) is 30.3 Å². The highest BCUT2D eigenvalue weighted by Gasteiger charge is 2.19. The van der Waals surface area contributed by atoms with Crippen LogP contribution in [-0.4, -0.2) is 23.2 Å². The molecule has 0 saturated carbocycles. The Morgan fingerprint density at radius 2 is 1.85 bits per heavy atom. The minimum absolute atomic E-state index is 0.117. The molecule has 0 aliphatic rings. The van der Waals surface area contributed by atoms with Crippen molar-refractivity contribution in [1.82, 2.24) is 14.8 Å². The van der Waals surface area contributed by atoms with E-state index in [1.807, 2.05) is 0 Å². The summed E-state index contributed by atoms with van der Waals surface area (Å²) in [5.74, 6) is 0. The van der Waals surface area contributed by atoms with Crippen LogP contribution in [0.25, 0.3) is 10.8 Å². The Bertz CT molecular complexity index is 862. The molecule has 0 aliphatic heterocycles. The number of rotatable bonds is 3. The first kappa shape index (κ1) is 12.8. The maximum atomic E-state index is 12.4. The Morgan fingerprint density at radius 3 is 2.55 bits per heavy atom. The first-order valence-electron chi connectivity index (χ1n) is 5.53. The average molecular weight is 307 g/mol. The number of hydrogen-bond acceptors (Lipinski definition) is 7. The number of sulfonamides is 1.